The van der Waals surface area contributed by atoms with E-state index in [2.05, 4.69) is 481 Å². The largest absolute Gasteiger partial charge is 0.309 e. The minimum atomic E-state index is 0.725. The Kier molecular flexibility index (Phi) is 19.3. The summed E-state index contributed by atoms with van der Waals surface area (Å²) in [6, 6.07) is 166. The quantitative estimate of drug-likeness (QED) is 0.128. The summed E-state index contributed by atoms with van der Waals surface area (Å²) in [4.78, 5) is 31.6. The van der Waals surface area contributed by atoms with E-state index in [9.17, 15) is 0 Å². The SMILES string of the molecule is c1ccc(-c2nc(-c3cccc(-c4ccc5c(c4)c4ccccc4n5-c4ccccc4)c3)nc3ccc4c5ccccc5sc4c23)cc1.c1ccc(-c2nc(-c3cccc(-c4cccc5c4c4ccccc4n5-c4ccccc4)c3)nc3ccc4c5ccccc5sc4c23)cc1.c1ccc(-c2nc(-c3cccc(-n4c5ccccc5c5ccccc54)c3)nc3ccc4c5ccccc5sc4c23)cc1. The first-order valence-corrected chi connectivity index (χ1v) is 48.9. The van der Waals surface area contributed by atoms with Crippen LogP contribution in [-0.4, -0.2) is 43.6 Å². The summed E-state index contributed by atoms with van der Waals surface area (Å²) in [5, 5.41) is 18.4. The molecular weight excluding hydrogens is 1740 g/mol. The molecule has 0 saturated heterocycles. The molecule has 0 N–H and O–H groups in total. The highest BCUT2D eigenvalue weighted by Crippen LogP contribution is 2.49. The number of rotatable bonds is 11. The second-order valence-corrected chi connectivity index (χ2v) is 38.1. The molecule has 9 heterocycles. The lowest BCUT2D eigenvalue weighted by atomic mass is 9.97. The molecule has 0 spiro atoms. The zero-order valence-corrected chi connectivity index (χ0v) is 76.7. The van der Waals surface area contributed by atoms with Gasteiger partial charge in [0, 0.05) is 159 Å². The number of thiophene rings is 3. The highest BCUT2D eigenvalue weighted by molar-refractivity contribution is 7.27. The van der Waals surface area contributed by atoms with Gasteiger partial charge in [-0.3, -0.25) is 0 Å². The lowest BCUT2D eigenvalue weighted by Gasteiger charge is -2.12. The zero-order valence-electron chi connectivity index (χ0n) is 74.2. The number of hydrogen-bond donors (Lipinski definition) is 0. The maximum atomic E-state index is 5.34. The smallest absolute Gasteiger partial charge is 0.160 e. The van der Waals surface area contributed by atoms with Crippen molar-refractivity contribution in [1.82, 2.24) is 43.6 Å². The van der Waals surface area contributed by atoms with E-state index >= 15 is 0 Å². The monoisotopic (exact) mass is 1810 g/mol. The van der Waals surface area contributed by atoms with Crippen LogP contribution in [-0.2, 0) is 0 Å². The summed E-state index contributed by atoms with van der Waals surface area (Å²) in [6.45, 7) is 0. The normalized spacial score (nSPS) is 11.8. The van der Waals surface area contributed by atoms with E-state index in [1.807, 2.05) is 34.0 Å². The molecule has 20 aromatic carbocycles. The number of para-hydroxylation sites is 6. The van der Waals surface area contributed by atoms with E-state index in [-0.39, 0.29) is 0 Å². The Morgan fingerprint density at radius 1 is 0.159 bits per heavy atom. The van der Waals surface area contributed by atoms with Gasteiger partial charge in [0.15, 0.2) is 17.5 Å². The van der Waals surface area contributed by atoms with E-state index in [1.165, 1.54) is 131 Å². The molecule has 0 amide bonds. The van der Waals surface area contributed by atoms with Crippen LogP contribution in [0.3, 0.4) is 0 Å². The summed E-state index contributed by atoms with van der Waals surface area (Å²) < 4.78 is 14.6. The van der Waals surface area contributed by atoms with Crippen LogP contribution in [0.1, 0.15) is 0 Å². The van der Waals surface area contributed by atoms with Gasteiger partial charge in [-0.25, -0.2) is 29.9 Å². The van der Waals surface area contributed by atoms with Crippen molar-refractivity contribution >= 4 is 193 Å². The third-order valence-corrected chi connectivity index (χ3v) is 30.6. The molecule has 0 atom stereocenters. The summed E-state index contributed by atoms with van der Waals surface area (Å²) in [6.07, 6.45) is 0. The maximum absolute atomic E-state index is 5.34. The molecule has 0 bridgehead atoms. The Morgan fingerprint density at radius 3 is 0.906 bits per heavy atom. The Bertz CT molecular complexity index is 9880. The molecule has 29 aromatic rings. The van der Waals surface area contributed by atoms with Gasteiger partial charge in [-0.2, -0.15) is 0 Å². The molecular formula is C126H77N9S3. The average Bonchev–Trinajstić information content (AvgIpc) is 1.51. The fourth-order valence-electron chi connectivity index (χ4n) is 20.8. The maximum Gasteiger partial charge on any atom is 0.160 e. The minimum absolute atomic E-state index is 0.725. The van der Waals surface area contributed by atoms with Crippen molar-refractivity contribution in [2.75, 3.05) is 0 Å². The van der Waals surface area contributed by atoms with Gasteiger partial charge in [0.2, 0.25) is 0 Å². The molecule has 138 heavy (non-hydrogen) atoms. The summed E-state index contributed by atoms with van der Waals surface area (Å²) in [7, 11) is 0. The Hall–Kier alpha value is -17.5. The average molecular weight is 1810 g/mol. The van der Waals surface area contributed by atoms with Gasteiger partial charge in [-0.05, 0) is 150 Å². The van der Waals surface area contributed by atoms with E-state index in [0.717, 1.165) is 134 Å². The molecule has 0 radical (unpaired) electrons. The third-order valence-electron chi connectivity index (χ3n) is 27.0. The Morgan fingerprint density at radius 2 is 0.457 bits per heavy atom. The Labute approximate surface area is 804 Å². The highest BCUT2D eigenvalue weighted by atomic mass is 32.1. The lowest BCUT2D eigenvalue weighted by Crippen LogP contribution is -1.98. The summed E-state index contributed by atoms with van der Waals surface area (Å²) >= 11 is 5.46. The van der Waals surface area contributed by atoms with Gasteiger partial charge < -0.3 is 13.7 Å². The lowest BCUT2D eigenvalue weighted by molar-refractivity contribution is 1.17. The molecule has 0 fully saturated rings. The van der Waals surface area contributed by atoms with E-state index in [0.29, 0.717) is 0 Å². The van der Waals surface area contributed by atoms with Gasteiger partial charge in [0.05, 0.1) is 66.7 Å². The third kappa shape index (κ3) is 13.5. The molecule has 0 aliphatic rings. The van der Waals surface area contributed by atoms with Crippen molar-refractivity contribution in [2.24, 2.45) is 0 Å². The van der Waals surface area contributed by atoms with E-state index < -0.39 is 0 Å². The molecule has 9 nitrogen and oxygen atoms in total. The molecule has 0 aliphatic heterocycles. The molecule has 0 unspecified atom stereocenters. The molecule has 9 aromatic heterocycles. The number of hydrogen-bond acceptors (Lipinski definition) is 9. The van der Waals surface area contributed by atoms with Crippen LogP contribution in [0.4, 0.5) is 0 Å². The van der Waals surface area contributed by atoms with E-state index in [4.69, 9.17) is 29.9 Å². The van der Waals surface area contributed by atoms with E-state index in [1.54, 1.807) is 0 Å². The van der Waals surface area contributed by atoms with Crippen LogP contribution in [0.2, 0.25) is 0 Å². The molecule has 12 heteroatoms. The molecule has 644 valence electrons. The van der Waals surface area contributed by atoms with Crippen LogP contribution in [0.25, 0.3) is 266 Å². The van der Waals surface area contributed by atoms with Crippen LogP contribution < -0.4 is 0 Å². The highest BCUT2D eigenvalue weighted by Gasteiger charge is 2.26. The summed E-state index contributed by atoms with van der Waals surface area (Å²) in [5.74, 6) is 2.18. The first-order valence-electron chi connectivity index (χ1n) is 46.4. The topological polar surface area (TPSA) is 92.1 Å². The fourth-order valence-corrected chi connectivity index (χ4v) is 24.5. The fraction of sp³-hybridized carbons (Fsp3) is 0. The first kappa shape index (κ1) is 80.2. The minimum Gasteiger partial charge on any atom is -0.309 e. The number of benzene rings is 20. The van der Waals surface area contributed by atoms with Crippen molar-refractivity contribution in [3.63, 3.8) is 0 Å². The van der Waals surface area contributed by atoms with Crippen LogP contribution in [0.5, 0.6) is 0 Å². The standard InChI is InChI=1S/2C44H27N3S.C38H23N3S/c1-3-13-28(14-4-1)42-41-36(26-25-34-33-19-8-10-24-39(33)48-43(34)41)45-44(46-42)30-16-11-15-29(27-30)32-21-12-23-38-40(32)35-20-7-9-22-37(35)47(38)31-17-5-2-6-18-31;1-3-12-28(13-4-1)42-41-37(24-23-35-34-19-8-10-21-40(34)48-43(35)41)45-44(46-42)31-15-11-14-29(26-31)30-22-25-39-36(27-30)33-18-7-9-20-38(33)47(39)32-16-5-2-6-17-32;1-2-11-24(12-3-1)36-35-31(22-21-30-29-17-6-9-20-34(29)42-37(30)35)39-38(40-36)25-13-10-14-26(23-25)41-32-18-7-4-15-27(32)28-16-5-8-19-33(28)41/h2*1-27H;1-23H. The van der Waals surface area contributed by atoms with Crippen molar-refractivity contribution < 1.29 is 0 Å². The van der Waals surface area contributed by atoms with Gasteiger partial charge in [0.1, 0.15) is 0 Å². The van der Waals surface area contributed by atoms with Crippen molar-refractivity contribution in [1.29, 1.82) is 0 Å². The van der Waals surface area contributed by atoms with Crippen molar-refractivity contribution in [3.05, 3.63) is 467 Å². The summed E-state index contributed by atoms with van der Waals surface area (Å²) in [5.41, 5.74) is 27.2. The van der Waals surface area contributed by atoms with Crippen LogP contribution >= 0.6 is 34.0 Å². The van der Waals surface area contributed by atoms with Crippen LogP contribution in [0, 0.1) is 0 Å². The predicted molar refractivity (Wildman–Crippen MR) is 584 cm³/mol. The molecule has 0 aliphatic carbocycles. The van der Waals surface area contributed by atoms with Crippen LogP contribution in [0.15, 0.2) is 467 Å². The van der Waals surface area contributed by atoms with Gasteiger partial charge >= 0.3 is 0 Å². The second-order valence-electron chi connectivity index (χ2n) is 35.0. The van der Waals surface area contributed by atoms with Crippen molar-refractivity contribution in [3.8, 4) is 107 Å². The van der Waals surface area contributed by atoms with Gasteiger partial charge in [0.25, 0.3) is 0 Å². The predicted octanol–water partition coefficient (Wildman–Crippen LogP) is 34.6. The zero-order chi connectivity index (χ0) is 90.8. The molecule has 29 rings (SSSR count). The number of nitrogens with zero attached hydrogens (tertiary/aromatic N) is 9. The van der Waals surface area contributed by atoms with Gasteiger partial charge in [-0.1, -0.05) is 340 Å². The molecule has 0 saturated carbocycles. The van der Waals surface area contributed by atoms with Gasteiger partial charge in [-0.15, -0.1) is 34.0 Å². The second kappa shape index (κ2) is 33.3. The number of aromatic nitrogens is 9. The Balaban J connectivity index is 0.000000105. The first-order chi connectivity index (χ1) is 68.4. The number of fused-ring (bicyclic) bond motifs is 24. The van der Waals surface area contributed by atoms with Crippen molar-refractivity contribution in [2.45, 2.75) is 0 Å².